The maximum absolute atomic E-state index is 13.3. The minimum Gasteiger partial charge on any atom is -0.381 e. The molecule has 116 valence electrons. The first-order valence-electron chi connectivity index (χ1n) is 7.99. The molecule has 3 rings (SSSR count). The molecule has 21 heavy (non-hydrogen) atoms. The number of benzene rings is 1. The lowest BCUT2D eigenvalue weighted by Gasteiger charge is -2.58. The summed E-state index contributed by atoms with van der Waals surface area (Å²) in [6.45, 7) is 2.77. The van der Waals surface area contributed by atoms with Crippen LogP contribution in [0.2, 0.25) is 0 Å². The van der Waals surface area contributed by atoms with Crippen LogP contribution >= 0.6 is 0 Å². The number of ether oxygens (including phenoxy) is 1. The molecule has 2 nitrogen and oxygen atoms in total. The van der Waals surface area contributed by atoms with Crippen molar-refractivity contribution in [2.45, 2.75) is 57.6 Å². The van der Waals surface area contributed by atoms with Crippen molar-refractivity contribution in [3.8, 4) is 0 Å². The Morgan fingerprint density at radius 3 is 2.62 bits per heavy atom. The van der Waals surface area contributed by atoms with E-state index in [2.05, 4.69) is 5.32 Å². The maximum atomic E-state index is 13.3. The van der Waals surface area contributed by atoms with Gasteiger partial charge in [0.15, 0.2) is 11.6 Å². The van der Waals surface area contributed by atoms with Crippen LogP contribution in [-0.2, 0) is 4.74 Å². The van der Waals surface area contributed by atoms with E-state index < -0.39 is 11.6 Å². The molecule has 0 saturated heterocycles. The van der Waals surface area contributed by atoms with E-state index in [0.29, 0.717) is 17.8 Å². The van der Waals surface area contributed by atoms with Gasteiger partial charge in [-0.3, -0.25) is 0 Å². The molecule has 0 heterocycles. The fraction of sp³-hybridized carbons (Fsp3) is 0.647. The highest BCUT2D eigenvalue weighted by Gasteiger charge is 2.55. The van der Waals surface area contributed by atoms with Crippen molar-refractivity contribution >= 4 is 5.69 Å². The third kappa shape index (κ3) is 2.66. The van der Waals surface area contributed by atoms with Gasteiger partial charge < -0.3 is 10.1 Å². The van der Waals surface area contributed by atoms with Gasteiger partial charge in [-0.1, -0.05) is 19.3 Å². The Morgan fingerprint density at radius 1 is 1.19 bits per heavy atom. The molecule has 2 unspecified atom stereocenters. The van der Waals surface area contributed by atoms with Gasteiger partial charge in [-0.15, -0.1) is 0 Å². The molecule has 4 heteroatoms. The topological polar surface area (TPSA) is 21.3 Å². The largest absolute Gasteiger partial charge is 0.381 e. The summed E-state index contributed by atoms with van der Waals surface area (Å²) in [5, 5.41) is 3.41. The van der Waals surface area contributed by atoms with E-state index >= 15 is 0 Å². The minimum atomic E-state index is -0.797. The Hall–Kier alpha value is -1.16. The second-order valence-corrected chi connectivity index (χ2v) is 6.30. The van der Waals surface area contributed by atoms with E-state index in [0.717, 1.165) is 13.0 Å². The second kappa shape index (κ2) is 5.91. The molecule has 0 radical (unpaired) electrons. The van der Waals surface area contributed by atoms with Crippen molar-refractivity contribution in [3.05, 3.63) is 29.8 Å². The van der Waals surface area contributed by atoms with Crippen molar-refractivity contribution in [2.24, 2.45) is 5.41 Å². The van der Waals surface area contributed by atoms with Gasteiger partial charge in [-0.2, -0.15) is 0 Å². The standard InChI is InChI=1S/C17H23F2NO/c1-2-21-16-11-15(17(16)8-4-3-5-9-17)20-12-6-7-13(18)14(19)10-12/h6-7,10,15-16,20H,2-5,8-9,11H2,1H3. The molecular weight excluding hydrogens is 272 g/mol. The van der Waals surface area contributed by atoms with Gasteiger partial charge >= 0.3 is 0 Å². The summed E-state index contributed by atoms with van der Waals surface area (Å²) in [6, 6.07) is 4.35. The summed E-state index contributed by atoms with van der Waals surface area (Å²) in [6.07, 6.45) is 7.35. The number of rotatable bonds is 4. The molecule has 2 aliphatic rings. The lowest BCUT2D eigenvalue weighted by Crippen LogP contribution is -2.62. The Bertz CT molecular complexity index is 500. The first-order valence-corrected chi connectivity index (χ1v) is 7.99. The Labute approximate surface area is 124 Å². The second-order valence-electron chi connectivity index (χ2n) is 6.30. The van der Waals surface area contributed by atoms with Gasteiger partial charge in [0.25, 0.3) is 0 Å². The lowest BCUT2D eigenvalue weighted by atomic mass is 9.55. The number of hydrogen-bond acceptors (Lipinski definition) is 2. The first-order chi connectivity index (χ1) is 10.2. The van der Waals surface area contributed by atoms with Crippen molar-refractivity contribution in [2.75, 3.05) is 11.9 Å². The van der Waals surface area contributed by atoms with Crippen molar-refractivity contribution in [1.82, 2.24) is 0 Å². The van der Waals surface area contributed by atoms with Crippen molar-refractivity contribution < 1.29 is 13.5 Å². The van der Waals surface area contributed by atoms with E-state index in [4.69, 9.17) is 4.74 Å². The molecule has 2 atom stereocenters. The van der Waals surface area contributed by atoms with Crippen LogP contribution in [0, 0.1) is 17.0 Å². The number of halogens is 2. The van der Waals surface area contributed by atoms with Crippen molar-refractivity contribution in [3.63, 3.8) is 0 Å². The average Bonchev–Trinajstić information content (AvgIpc) is 2.50. The summed E-state index contributed by atoms with van der Waals surface area (Å²) in [5.74, 6) is -1.59. The minimum absolute atomic E-state index is 0.180. The molecule has 2 aliphatic carbocycles. The van der Waals surface area contributed by atoms with E-state index in [-0.39, 0.29) is 5.41 Å². The quantitative estimate of drug-likeness (QED) is 0.882. The molecular formula is C17H23F2NO. The van der Waals surface area contributed by atoms with Crippen LogP contribution in [-0.4, -0.2) is 18.8 Å². The van der Waals surface area contributed by atoms with Gasteiger partial charge in [-0.05, 0) is 38.3 Å². The predicted molar refractivity (Wildman–Crippen MR) is 79.3 cm³/mol. The molecule has 1 N–H and O–H groups in total. The number of hydrogen-bond donors (Lipinski definition) is 1. The molecule has 0 amide bonds. The summed E-state index contributed by atoms with van der Waals surface area (Å²) >= 11 is 0. The van der Waals surface area contributed by atoms with Crippen LogP contribution in [0.15, 0.2) is 18.2 Å². The van der Waals surface area contributed by atoms with Gasteiger partial charge in [0.2, 0.25) is 0 Å². The monoisotopic (exact) mass is 295 g/mol. The van der Waals surface area contributed by atoms with Crippen LogP contribution in [0.5, 0.6) is 0 Å². The zero-order valence-corrected chi connectivity index (χ0v) is 12.5. The lowest BCUT2D eigenvalue weighted by molar-refractivity contribution is -0.134. The van der Waals surface area contributed by atoms with Crippen LogP contribution < -0.4 is 5.32 Å². The fourth-order valence-electron chi connectivity index (χ4n) is 4.05. The maximum Gasteiger partial charge on any atom is 0.160 e. The van der Waals surface area contributed by atoms with Crippen LogP contribution in [0.3, 0.4) is 0 Å². The molecule has 1 aromatic rings. The van der Waals surface area contributed by atoms with Gasteiger partial charge in [0.05, 0.1) is 6.10 Å². The third-order valence-electron chi connectivity index (χ3n) is 5.20. The van der Waals surface area contributed by atoms with E-state index in [1.54, 1.807) is 6.07 Å². The molecule has 2 saturated carbocycles. The Balaban J connectivity index is 1.73. The molecule has 2 fully saturated rings. The fourth-order valence-corrected chi connectivity index (χ4v) is 4.05. The third-order valence-corrected chi connectivity index (χ3v) is 5.20. The molecule has 0 aliphatic heterocycles. The predicted octanol–water partition coefficient (Wildman–Crippen LogP) is 4.50. The zero-order chi connectivity index (χ0) is 14.9. The molecule has 0 aromatic heterocycles. The van der Waals surface area contributed by atoms with Crippen LogP contribution in [0.4, 0.5) is 14.5 Å². The highest BCUT2D eigenvalue weighted by atomic mass is 19.2. The van der Waals surface area contributed by atoms with Gasteiger partial charge in [0.1, 0.15) is 0 Å². The van der Waals surface area contributed by atoms with Gasteiger partial charge in [0, 0.05) is 29.8 Å². The smallest absolute Gasteiger partial charge is 0.160 e. The highest BCUT2D eigenvalue weighted by Crippen LogP contribution is 2.54. The highest BCUT2D eigenvalue weighted by molar-refractivity contribution is 5.46. The molecule has 1 aromatic carbocycles. The van der Waals surface area contributed by atoms with E-state index in [1.165, 1.54) is 44.2 Å². The van der Waals surface area contributed by atoms with E-state index in [9.17, 15) is 8.78 Å². The number of anilines is 1. The first kappa shape index (κ1) is 14.8. The van der Waals surface area contributed by atoms with E-state index in [1.807, 2.05) is 6.92 Å². The summed E-state index contributed by atoms with van der Waals surface area (Å²) < 4.78 is 32.3. The SMILES string of the molecule is CCOC1CC(Nc2ccc(F)c(F)c2)C12CCCCC2. The zero-order valence-electron chi connectivity index (χ0n) is 12.5. The summed E-state index contributed by atoms with van der Waals surface area (Å²) in [7, 11) is 0. The van der Waals surface area contributed by atoms with Crippen molar-refractivity contribution in [1.29, 1.82) is 0 Å². The molecule has 1 spiro atoms. The van der Waals surface area contributed by atoms with Crippen LogP contribution in [0.1, 0.15) is 45.4 Å². The van der Waals surface area contributed by atoms with Crippen LogP contribution in [0.25, 0.3) is 0 Å². The van der Waals surface area contributed by atoms with Gasteiger partial charge in [-0.25, -0.2) is 8.78 Å². The molecule has 0 bridgehead atoms. The summed E-state index contributed by atoms with van der Waals surface area (Å²) in [4.78, 5) is 0. The average molecular weight is 295 g/mol. The summed E-state index contributed by atoms with van der Waals surface area (Å²) in [5.41, 5.74) is 0.845. The number of nitrogens with one attached hydrogen (secondary N) is 1. The normalized spacial score (nSPS) is 27.4. The Morgan fingerprint density at radius 2 is 1.95 bits per heavy atom. The Kier molecular flexibility index (Phi) is 4.16.